The Morgan fingerprint density at radius 3 is 2.08 bits per heavy atom. The van der Waals surface area contributed by atoms with Crippen LogP contribution in [-0.2, 0) is 0 Å². The summed E-state index contributed by atoms with van der Waals surface area (Å²) in [6, 6.07) is 1.76. The highest BCUT2D eigenvalue weighted by Gasteiger charge is 2.14. The highest BCUT2D eigenvalue weighted by Crippen LogP contribution is 2.34. The number of pyridine rings is 1. The molecule has 12 heavy (non-hydrogen) atoms. The first kappa shape index (κ1) is 9.88. The summed E-state index contributed by atoms with van der Waals surface area (Å²) in [7, 11) is 0. The Balaban J connectivity index is 3.54. The van der Waals surface area contributed by atoms with Gasteiger partial charge in [0, 0.05) is 0 Å². The lowest BCUT2D eigenvalue weighted by Gasteiger charge is -2.01. The van der Waals surface area contributed by atoms with Gasteiger partial charge in [0.25, 0.3) is 0 Å². The Bertz CT molecular complexity index is 369. The summed E-state index contributed by atoms with van der Waals surface area (Å²) in [6.45, 7) is 0. The molecule has 0 spiro atoms. The van der Waals surface area contributed by atoms with Crippen molar-refractivity contribution in [1.29, 1.82) is 5.26 Å². The molecule has 0 saturated heterocycles. The molecule has 0 bridgehead atoms. The molecule has 1 aromatic rings. The summed E-state index contributed by atoms with van der Waals surface area (Å²) in [5.74, 6) is 0. The summed E-state index contributed by atoms with van der Waals surface area (Å²) >= 11 is 22.3. The Labute approximate surface area is 88.6 Å². The highest BCUT2D eigenvalue weighted by atomic mass is 35.5. The molecule has 0 unspecified atom stereocenters. The third kappa shape index (κ3) is 1.60. The zero-order valence-electron chi connectivity index (χ0n) is 5.41. The fraction of sp³-hybridized carbons (Fsp3) is 0. The molecule has 0 N–H and O–H groups in total. The Hall–Kier alpha value is -0.200. The maximum absolute atomic E-state index is 8.55. The second kappa shape index (κ2) is 3.68. The molecule has 1 heterocycles. The minimum Gasteiger partial charge on any atom is -0.221 e. The van der Waals surface area contributed by atoms with Crippen LogP contribution >= 0.6 is 46.4 Å². The first-order chi connectivity index (χ1) is 5.57. The predicted molar refractivity (Wildman–Crippen MR) is 49.0 cm³/mol. The minimum absolute atomic E-state index is 0.00864. The van der Waals surface area contributed by atoms with Crippen molar-refractivity contribution in [2.75, 3.05) is 0 Å². The topological polar surface area (TPSA) is 36.7 Å². The van der Waals surface area contributed by atoms with Crippen LogP contribution < -0.4 is 0 Å². The lowest BCUT2D eigenvalue weighted by molar-refractivity contribution is 1.30. The number of nitriles is 1. The zero-order chi connectivity index (χ0) is 9.30. The summed E-state index contributed by atoms with van der Waals surface area (Å²) in [4.78, 5) is 3.60. The van der Waals surface area contributed by atoms with Crippen LogP contribution in [0.1, 0.15) is 5.56 Å². The number of hydrogen-bond donors (Lipinski definition) is 0. The van der Waals surface area contributed by atoms with Gasteiger partial charge >= 0.3 is 0 Å². The van der Waals surface area contributed by atoms with E-state index in [0.717, 1.165) is 0 Å². The van der Waals surface area contributed by atoms with Crippen molar-refractivity contribution in [3.63, 3.8) is 0 Å². The average Bonchev–Trinajstić information content (AvgIpc) is 2.01. The van der Waals surface area contributed by atoms with Crippen molar-refractivity contribution in [3.8, 4) is 6.07 Å². The lowest BCUT2D eigenvalue weighted by atomic mass is 10.3. The van der Waals surface area contributed by atoms with Gasteiger partial charge in [-0.2, -0.15) is 5.26 Å². The molecule has 62 valence electrons. The van der Waals surface area contributed by atoms with Crippen LogP contribution in [0, 0.1) is 11.3 Å². The molecule has 0 aliphatic heterocycles. The molecule has 0 radical (unpaired) electrons. The zero-order valence-corrected chi connectivity index (χ0v) is 8.43. The van der Waals surface area contributed by atoms with Gasteiger partial charge in [0.05, 0.1) is 10.0 Å². The molecule has 0 aliphatic carbocycles. The van der Waals surface area contributed by atoms with Crippen LogP contribution in [0.5, 0.6) is 0 Å². The van der Waals surface area contributed by atoms with Crippen LogP contribution in [-0.4, -0.2) is 4.98 Å². The van der Waals surface area contributed by atoms with Crippen molar-refractivity contribution in [3.05, 3.63) is 25.9 Å². The lowest BCUT2D eigenvalue weighted by Crippen LogP contribution is -1.87. The van der Waals surface area contributed by atoms with Gasteiger partial charge in [0.15, 0.2) is 5.15 Å². The molecule has 2 nitrogen and oxygen atoms in total. The van der Waals surface area contributed by atoms with Crippen LogP contribution in [0.3, 0.4) is 0 Å². The van der Waals surface area contributed by atoms with E-state index in [2.05, 4.69) is 4.98 Å². The second-order valence-electron chi connectivity index (χ2n) is 1.81. The SMILES string of the molecule is N#Cc1c(Cl)nc(Cl)c(Cl)c1Cl. The molecule has 1 aromatic heterocycles. The van der Waals surface area contributed by atoms with Crippen LogP contribution in [0.4, 0.5) is 0 Å². The van der Waals surface area contributed by atoms with Gasteiger partial charge in [-0.15, -0.1) is 0 Å². The number of hydrogen-bond acceptors (Lipinski definition) is 2. The van der Waals surface area contributed by atoms with E-state index in [1.165, 1.54) is 0 Å². The normalized spacial score (nSPS) is 9.58. The van der Waals surface area contributed by atoms with E-state index in [9.17, 15) is 0 Å². The van der Waals surface area contributed by atoms with Gasteiger partial charge in [-0.25, -0.2) is 4.98 Å². The van der Waals surface area contributed by atoms with E-state index in [1.54, 1.807) is 6.07 Å². The molecule has 1 rings (SSSR count). The van der Waals surface area contributed by atoms with E-state index >= 15 is 0 Å². The Morgan fingerprint density at radius 1 is 1.00 bits per heavy atom. The smallest absolute Gasteiger partial charge is 0.151 e. The molecule has 6 heteroatoms. The quantitative estimate of drug-likeness (QED) is 0.652. The molecule has 0 atom stereocenters. The van der Waals surface area contributed by atoms with Gasteiger partial charge in [0.1, 0.15) is 16.8 Å². The maximum Gasteiger partial charge on any atom is 0.151 e. The van der Waals surface area contributed by atoms with Crippen molar-refractivity contribution >= 4 is 46.4 Å². The van der Waals surface area contributed by atoms with Crippen molar-refractivity contribution in [2.45, 2.75) is 0 Å². The number of nitrogens with zero attached hydrogens (tertiary/aromatic N) is 2. The highest BCUT2D eigenvalue weighted by molar-refractivity contribution is 6.49. The summed E-state index contributed by atoms with van der Waals surface area (Å²) < 4.78 is 0. The van der Waals surface area contributed by atoms with Crippen molar-refractivity contribution in [1.82, 2.24) is 4.98 Å². The molecule has 0 aromatic carbocycles. The number of rotatable bonds is 0. The third-order valence-electron chi connectivity index (χ3n) is 1.11. The monoisotopic (exact) mass is 240 g/mol. The van der Waals surface area contributed by atoms with E-state index in [-0.39, 0.29) is 25.9 Å². The summed E-state index contributed by atoms with van der Waals surface area (Å²) in [6.07, 6.45) is 0. The molecular formula is C6Cl4N2. The van der Waals surface area contributed by atoms with E-state index in [4.69, 9.17) is 51.7 Å². The van der Waals surface area contributed by atoms with Gasteiger partial charge in [-0.05, 0) is 0 Å². The van der Waals surface area contributed by atoms with Gasteiger partial charge in [-0.1, -0.05) is 46.4 Å². The van der Waals surface area contributed by atoms with Crippen LogP contribution in [0.15, 0.2) is 0 Å². The summed E-state index contributed by atoms with van der Waals surface area (Å²) in [5, 5.41) is 8.57. The predicted octanol–water partition coefficient (Wildman–Crippen LogP) is 3.57. The molecular weight excluding hydrogens is 242 g/mol. The Morgan fingerprint density at radius 2 is 1.58 bits per heavy atom. The molecule has 0 amide bonds. The van der Waals surface area contributed by atoms with Gasteiger partial charge in [0.2, 0.25) is 0 Å². The fourth-order valence-corrected chi connectivity index (χ4v) is 1.48. The first-order valence-corrected chi connectivity index (χ1v) is 4.19. The van der Waals surface area contributed by atoms with Crippen LogP contribution in [0.25, 0.3) is 0 Å². The maximum atomic E-state index is 8.55. The van der Waals surface area contributed by atoms with Gasteiger partial charge < -0.3 is 0 Å². The summed E-state index contributed by atoms with van der Waals surface area (Å²) in [5.41, 5.74) is 0.0349. The second-order valence-corrected chi connectivity index (χ2v) is 3.28. The van der Waals surface area contributed by atoms with E-state index in [0.29, 0.717) is 0 Å². The molecule has 0 fully saturated rings. The standard InChI is InChI=1S/C6Cl4N2/c7-3-2(1-11)5(9)12-6(10)4(3)8. The number of halogens is 4. The fourth-order valence-electron chi connectivity index (χ4n) is 0.577. The first-order valence-electron chi connectivity index (χ1n) is 2.68. The minimum atomic E-state index is -0.0445. The third-order valence-corrected chi connectivity index (χ3v) is 2.59. The largest absolute Gasteiger partial charge is 0.221 e. The average molecular weight is 242 g/mol. The van der Waals surface area contributed by atoms with Gasteiger partial charge in [-0.3, -0.25) is 0 Å². The molecule has 0 aliphatic rings. The Kier molecular flexibility index (Phi) is 3.03. The van der Waals surface area contributed by atoms with Crippen LogP contribution in [0.2, 0.25) is 20.4 Å². The van der Waals surface area contributed by atoms with Crippen molar-refractivity contribution in [2.24, 2.45) is 0 Å². The molecule has 0 saturated carbocycles. The van der Waals surface area contributed by atoms with Crippen molar-refractivity contribution < 1.29 is 0 Å². The van der Waals surface area contributed by atoms with E-state index in [1.807, 2.05) is 0 Å². The number of aromatic nitrogens is 1. The van der Waals surface area contributed by atoms with E-state index < -0.39 is 0 Å².